The molecule has 0 saturated carbocycles. The Morgan fingerprint density at radius 3 is 2.38 bits per heavy atom. The van der Waals surface area contributed by atoms with E-state index in [-0.39, 0.29) is 11.9 Å². The zero-order valence-electron chi connectivity index (χ0n) is 17.7. The maximum absolute atomic E-state index is 12.6. The lowest BCUT2D eigenvalue weighted by molar-refractivity contribution is -0.131. The Labute approximate surface area is 173 Å². The molecule has 3 rings (SSSR count). The van der Waals surface area contributed by atoms with Crippen LogP contribution in [0.1, 0.15) is 61.5 Å². The second-order valence-corrected chi connectivity index (χ2v) is 7.67. The number of hydrogen-bond acceptors (Lipinski definition) is 3. The minimum Gasteiger partial charge on any atom is -0.462 e. The smallest absolute Gasteiger partial charge is 0.339 e. The van der Waals surface area contributed by atoms with Gasteiger partial charge in [0, 0.05) is 37.4 Å². The zero-order valence-corrected chi connectivity index (χ0v) is 17.7. The molecule has 5 heteroatoms. The molecule has 2 aromatic rings. The fourth-order valence-corrected chi connectivity index (χ4v) is 4.06. The Hall–Kier alpha value is -2.56. The van der Waals surface area contributed by atoms with Gasteiger partial charge in [-0.15, -0.1) is 0 Å². The van der Waals surface area contributed by atoms with Crippen LogP contribution in [0, 0.1) is 6.92 Å². The summed E-state index contributed by atoms with van der Waals surface area (Å²) in [5.74, 6) is -0.0369. The van der Waals surface area contributed by atoms with Crippen molar-refractivity contribution in [1.29, 1.82) is 0 Å². The predicted octanol–water partition coefficient (Wildman–Crippen LogP) is 4.82. The number of carbonyl (C=O) groups is 2. The van der Waals surface area contributed by atoms with Gasteiger partial charge in [-0.3, -0.25) is 4.79 Å². The van der Waals surface area contributed by atoms with E-state index in [1.165, 1.54) is 12.8 Å². The van der Waals surface area contributed by atoms with E-state index in [0.717, 1.165) is 49.3 Å². The number of amides is 1. The summed E-state index contributed by atoms with van der Waals surface area (Å²) in [4.78, 5) is 27.0. The summed E-state index contributed by atoms with van der Waals surface area (Å²) in [5, 5.41) is 0. The van der Waals surface area contributed by atoms with E-state index >= 15 is 0 Å². The van der Waals surface area contributed by atoms with E-state index in [1.54, 1.807) is 0 Å². The highest BCUT2D eigenvalue weighted by atomic mass is 16.5. The normalized spacial score (nSPS) is 14.5. The van der Waals surface area contributed by atoms with Crippen molar-refractivity contribution in [3.8, 4) is 11.3 Å². The molecule has 1 fully saturated rings. The molecule has 1 aliphatic heterocycles. The number of hydrogen-bond donors (Lipinski definition) is 0. The van der Waals surface area contributed by atoms with Gasteiger partial charge in [0.2, 0.25) is 5.91 Å². The third kappa shape index (κ3) is 5.28. The molecule has 1 amide bonds. The molecule has 1 aromatic carbocycles. The molecule has 0 atom stereocenters. The van der Waals surface area contributed by atoms with Crippen molar-refractivity contribution in [2.75, 3.05) is 19.7 Å². The third-order valence-electron chi connectivity index (χ3n) is 5.66. The average Bonchev–Trinajstić information content (AvgIpc) is 2.89. The first-order chi connectivity index (χ1) is 14.1. The fraction of sp³-hybridized carbons (Fsp3) is 0.500. The van der Waals surface area contributed by atoms with Crippen molar-refractivity contribution in [1.82, 2.24) is 9.47 Å². The summed E-state index contributed by atoms with van der Waals surface area (Å²) >= 11 is 0. The van der Waals surface area contributed by atoms with Crippen LogP contribution in [-0.4, -0.2) is 41.0 Å². The maximum Gasteiger partial charge on any atom is 0.339 e. The first-order valence-corrected chi connectivity index (χ1v) is 10.8. The van der Waals surface area contributed by atoms with E-state index in [9.17, 15) is 9.59 Å². The Morgan fingerprint density at radius 1 is 1.03 bits per heavy atom. The molecule has 156 valence electrons. The van der Waals surface area contributed by atoms with Gasteiger partial charge in [-0.25, -0.2) is 4.79 Å². The molecule has 1 aromatic heterocycles. The van der Waals surface area contributed by atoms with Crippen LogP contribution < -0.4 is 0 Å². The highest BCUT2D eigenvalue weighted by molar-refractivity contribution is 5.92. The van der Waals surface area contributed by atoms with Crippen molar-refractivity contribution in [3.05, 3.63) is 47.7 Å². The number of ether oxygens (including phenoxy) is 1. The molecule has 29 heavy (non-hydrogen) atoms. The van der Waals surface area contributed by atoms with E-state index in [2.05, 4.69) is 4.57 Å². The molecule has 0 aliphatic carbocycles. The summed E-state index contributed by atoms with van der Waals surface area (Å²) < 4.78 is 7.38. The highest BCUT2D eigenvalue weighted by Gasteiger charge is 2.20. The number of esters is 1. The van der Waals surface area contributed by atoms with Crippen LogP contribution in [0.5, 0.6) is 0 Å². The van der Waals surface area contributed by atoms with Crippen molar-refractivity contribution in [3.63, 3.8) is 0 Å². The molecule has 0 spiro atoms. The maximum atomic E-state index is 12.6. The molecule has 0 N–H and O–H groups in total. The molecule has 5 nitrogen and oxygen atoms in total. The number of likely N-dealkylation sites (tertiary alicyclic amines) is 1. The lowest BCUT2D eigenvalue weighted by atomic mass is 10.1. The Balaban J connectivity index is 1.74. The van der Waals surface area contributed by atoms with Crippen LogP contribution in [0.3, 0.4) is 0 Å². The molecule has 2 heterocycles. The summed E-state index contributed by atoms with van der Waals surface area (Å²) in [5.41, 5.74) is 3.55. The molecular weight excluding hydrogens is 364 g/mol. The van der Waals surface area contributed by atoms with Crippen LogP contribution in [0.4, 0.5) is 0 Å². The fourth-order valence-electron chi connectivity index (χ4n) is 4.06. The van der Waals surface area contributed by atoms with Gasteiger partial charge >= 0.3 is 5.97 Å². The van der Waals surface area contributed by atoms with E-state index in [4.69, 9.17) is 4.74 Å². The SMILES string of the molecule is CCOC(=O)c1cc(-c2ccccc2)n(CCCC(=O)N2CCCCCC2)c1C. The first kappa shape index (κ1) is 21.2. The molecule has 1 aliphatic rings. The summed E-state index contributed by atoms with van der Waals surface area (Å²) in [7, 11) is 0. The topological polar surface area (TPSA) is 51.5 Å². The molecule has 0 bridgehead atoms. The van der Waals surface area contributed by atoms with Crippen LogP contribution in [0.2, 0.25) is 0 Å². The Kier molecular flexibility index (Phi) is 7.50. The lowest BCUT2D eigenvalue weighted by Gasteiger charge is -2.20. The number of rotatable bonds is 7. The Morgan fingerprint density at radius 2 is 1.72 bits per heavy atom. The highest BCUT2D eigenvalue weighted by Crippen LogP contribution is 2.27. The predicted molar refractivity (Wildman–Crippen MR) is 115 cm³/mol. The second-order valence-electron chi connectivity index (χ2n) is 7.67. The number of carbonyl (C=O) groups excluding carboxylic acids is 2. The minimum absolute atomic E-state index is 0.253. The zero-order chi connectivity index (χ0) is 20.6. The molecule has 0 radical (unpaired) electrons. The van der Waals surface area contributed by atoms with Gasteiger partial charge < -0.3 is 14.2 Å². The van der Waals surface area contributed by atoms with E-state index in [1.807, 2.05) is 55.1 Å². The van der Waals surface area contributed by atoms with Crippen LogP contribution in [-0.2, 0) is 16.1 Å². The first-order valence-electron chi connectivity index (χ1n) is 10.8. The largest absolute Gasteiger partial charge is 0.462 e. The molecular formula is C24H32N2O3. The third-order valence-corrected chi connectivity index (χ3v) is 5.66. The summed E-state index contributed by atoms with van der Waals surface area (Å²) in [6, 6.07) is 12.0. The van der Waals surface area contributed by atoms with Gasteiger partial charge in [0.1, 0.15) is 0 Å². The summed E-state index contributed by atoms with van der Waals surface area (Å²) in [6.45, 7) is 6.61. The van der Waals surface area contributed by atoms with Crippen LogP contribution in [0.25, 0.3) is 11.3 Å². The quantitative estimate of drug-likeness (QED) is 0.630. The molecule has 0 unspecified atom stereocenters. The van der Waals surface area contributed by atoms with Crippen molar-refractivity contribution in [2.24, 2.45) is 0 Å². The van der Waals surface area contributed by atoms with Crippen LogP contribution in [0.15, 0.2) is 36.4 Å². The van der Waals surface area contributed by atoms with E-state index < -0.39 is 0 Å². The lowest BCUT2D eigenvalue weighted by Crippen LogP contribution is -2.31. The number of aromatic nitrogens is 1. The van der Waals surface area contributed by atoms with Gasteiger partial charge in [0.15, 0.2) is 0 Å². The van der Waals surface area contributed by atoms with Crippen molar-refractivity contribution >= 4 is 11.9 Å². The second kappa shape index (κ2) is 10.3. The Bertz CT molecular complexity index is 818. The van der Waals surface area contributed by atoms with Gasteiger partial charge in [-0.05, 0) is 44.7 Å². The molecule has 1 saturated heterocycles. The van der Waals surface area contributed by atoms with Gasteiger partial charge in [0.25, 0.3) is 0 Å². The standard InChI is InChI=1S/C24H32N2O3/c1-3-29-24(28)21-18-22(20-12-7-6-8-13-20)26(19(21)2)17-11-14-23(27)25-15-9-4-5-10-16-25/h6-8,12-13,18H,3-5,9-11,14-17H2,1-2H3. The summed E-state index contributed by atoms with van der Waals surface area (Å²) in [6.07, 6.45) is 5.98. The van der Waals surface area contributed by atoms with Crippen LogP contribution >= 0.6 is 0 Å². The van der Waals surface area contributed by atoms with E-state index in [0.29, 0.717) is 25.1 Å². The van der Waals surface area contributed by atoms with Gasteiger partial charge in [-0.2, -0.15) is 0 Å². The van der Waals surface area contributed by atoms with Gasteiger partial charge in [0.05, 0.1) is 12.2 Å². The monoisotopic (exact) mass is 396 g/mol. The minimum atomic E-state index is -0.290. The van der Waals surface area contributed by atoms with Crippen molar-refractivity contribution < 1.29 is 14.3 Å². The van der Waals surface area contributed by atoms with Gasteiger partial charge in [-0.1, -0.05) is 43.2 Å². The average molecular weight is 397 g/mol. The van der Waals surface area contributed by atoms with Crippen molar-refractivity contribution in [2.45, 2.75) is 58.9 Å². The number of nitrogens with zero attached hydrogens (tertiary/aromatic N) is 2. The number of benzene rings is 1.